The number of rotatable bonds is 5. The second kappa shape index (κ2) is 5.57. The van der Waals surface area contributed by atoms with E-state index in [1.807, 2.05) is 6.07 Å². The van der Waals surface area contributed by atoms with E-state index < -0.39 is 0 Å². The molecule has 2 nitrogen and oxygen atoms in total. The van der Waals surface area contributed by atoms with Crippen LogP contribution in [0.25, 0.3) is 0 Å². The van der Waals surface area contributed by atoms with Crippen LogP contribution in [0.1, 0.15) is 49.7 Å². The lowest BCUT2D eigenvalue weighted by Crippen LogP contribution is -2.42. The Morgan fingerprint density at radius 1 is 1.30 bits per heavy atom. The maximum atomic E-state index is 6.46. The molecule has 0 aliphatic heterocycles. The number of ether oxygens (including phenoxy) is 1. The monoisotopic (exact) mass is 293 g/mol. The van der Waals surface area contributed by atoms with Gasteiger partial charge in [0, 0.05) is 17.5 Å². The van der Waals surface area contributed by atoms with Crippen molar-refractivity contribution in [3.63, 3.8) is 0 Å². The molecule has 20 heavy (non-hydrogen) atoms. The predicted octanol–water partition coefficient (Wildman–Crippen LogP) is 4.21. The highest BCUT2D eigenvalue weighted by atomic mass is 35.5. The lowest BCUT2D eigenvalue weighted by atomic mass is 9.64. The zero-order chi connectivity index (χ0) is 14.2. The summed E-state index contributed by atoms with van der Waals surface area (Å²) in [5.74, 6) is 1.62. The molecule has 2 saturated carbocycles. The number of hydrogen-bond donors (Lipinski definition) is 1. The van der Waals surface area contributed by atoms with Crippen LogP contribution < -0.4 is 10.5 Å². The molecule has 0 heterocycles. The second-order valence-corrected chi connectivity index (χ2v) is 6.98. The van der Waals surface area contributed by atoms with Crippen molar-refractivity contribution in [1.82, 2.24) is 0 Å². The van der Waals surface area contributed by atoms with Gasteiger partial charge in [-0.15, -0.1) is 0 Å². The van der Waals surface area contributed by atoms with E-state index in [1.165, 1.54) is 36.8 Å². The molecule has 0 aromatic heterocycles. The highest BCUT2D eigenvalue weighted by molar-refractivity contribution is 6.32. The second-order valence-electron chi connectivity index (χ2n) is 6.57. The molecule has 3 heteroatoms. The molecule has 110 valence electrons. The molecule has 3 rings (SSSR count). The first kappa shape index (κ1) is 14.2. The summed E-state index contributed by atoms with van der Waals surface area (Å²) in [6.07, 6.45) is 7.49. The largest absolute Gasteiger partial charge is 0.491 e. The molecule has 0 spiro atoms. The fourth-order valence-electron chi connectivity index (χ4n) is 3.32. The highest BCUT2D eigenvalue weighted by Crippen LogP contribution is 2.49. The standard InChI is InChI=1S/C17H24ClNO/c1-12-8-14(17(11-19)6-3-7-17)16(15(18)9-12)20-10-13-4-2-5-13/h8-9,13H,2-7,10-11,19H2,1H3. The van der Waals surface area contributed by atoms with E-state index in [0.717, 1.165) is 36.1 Å². The van der Waals surface area contributed by atoms with Gasteiger partial charge in [0.25, 0.3) is 0 Å². The Hall–Kier alpha value is -0.730. The number of benzene rings is 1. The van der Waals surface area contributed by atoms with Gasteiger partial charge in [-0.25, -0.2) is 0 Å². The molecule has 0 amide bonds. The molecular weight excluding hydrogens is 270 g/mol. The number of halogens is 1. The van der Waals surface area contributed by atoms with Gasteiger partial charge in [0.15, 0.2) is 0 Å². The minimum atomic E-state index is 0.102. The Morgan fingerprint density at radius 2 is 2.05 bits per heavy atom. The Labute approximate surface area is 126 Å². The third kappa shape index (κ3) is 2.44. The molecule has 0 saturated heterocycles. The van der Waals surface area contributed by atoms with Gasteiger partial charge in [0.2, 0.25) is 0 Å². The van der Waals surface area contributed by atoms with E-state index in [-0.39, 0.29) is 5.41 Å². The van der Waals surface area contributed by atoms with Crippen molar-refractivity contribution in [3.05, 3.63) is 28.3 Å². The first-order chi connectivity index (χ1) is 9.64. The van der Waals surface area contributed by atoms with Crippen LogP contribution in [-0.2, 0) is 5.41 Å². The van der Waals surface area contributed by atoms with Crippen molar-refractivity contribution in [2.45, 2.75) is 50.9 Å². The van der Waals surface area contributed by atoms with Crippen molar-refractivity contribution < 1.29 is 4.74 Å². The van der Waals surface area contributed by atoms with Crippen LogP contribution in [0.2, 0.25) is 5.02 Å². The average Bonchev–Trinajstić information content (AvgIpc) is 2.29. The lowest BCUT2D eigenvalue weighted by Gasteiger charge is -2.42. The quantitative estimate of drug-likeness (QED) is 0.883. The summed E-state index contributed by atoms with van der Waals surface area (Å²) < 4.78 is 6.12. The molecule has 1 aromatic rings. The summed E-state index contributed by atoms with van der Waals surface area (Å²) in [6.45, 7) is 3.58. The van der Waals surface area contributed by atoms with E-state index >= 15 is 0 Å². The summed E-state index contributed by atoms with van der Waals surface area (Å²) in [5.41, 5.74) is 8.61. The minimum absolute atomic E-state index is 0.102. The maximum Gasteiger partial charge on any atom is 0.141 e. The van der Waals surface area contributed by atoms with E-state index in [4.69, 9.17) is 22.1 Å². The Morgan fingerprint density at radius 3 is 2.55 bits per heavy atom. The van der Waals surface area contributed by atoms with Gasteiger partial charge < -0.3 is 10.5 Å². The topological polar surface area (TPSA) is 35.2 Å². The van der Waals surface area contributed by atoms with Crippen molar-refractivity contribution in [2.75, 3.05) is 13.2 Å². The molecule has 2 fully saturated rings. The summed E-state index contributed by atoms with van der Waals surface area (Å²) >= 11 is 6.46. The van der Waals surface area contributed by atoms with E-state index in [0.29, 0.717) is 6.54 Å². The zero-order valence-electron chi connectivity index (χ0n) is 12.3. The molecular formula is C17H24ClNO. The fraction of sp³-hybridized carbons (Fsp3) is 0.647. The minimum Gasteiger partial charge on any atom is -0.491 e. The van der Waals surface area contributed by atoms with Gasteiger partial charge in [-0.2, -0.15) is 0 Å². The Balaban J connectivity index is 1.89. The van der Waals surface area contributed by atoms with Crippen LogP contribution in [0.4, 0.5) is 0 Å². The highest BCUT2D eigenvalue weighted by Gasteiger charge is 2.40. The van der Waals surface area contributed by atoms with Gasteiger partial charge in [-0.1, -0.05) is 30.5 Å². The molecule has 0 bridgehead atoms. The normalized spacial score (nSPS) is 21.1. The van der Waals surface area contributed by atoms with Crippen LogP contribution in [0, 0.1) is 12.8 Å². The molecule has 2 N–H and O–H groups in total. The van der Waals surface area contributed by atoms with Crippen LogP contribution in [0.15, 0.2) is 12.1 Å². The van der Waals surface area contributed by atoms with E-state index in [9.17, 15) is 0 Å². The van der Waals surface area contributed by atoms with Gasteiger partial charge >= 0.3 is 0 Å². The first-order valence-electron chi connectivity index (χ1n) is 7.78. The SMILES string of the molecule is Cc1cc(Cl)c(OCC2CCC2)c(C2(CN)CCC2)c1. The fourth-order valence-corrected chi connectivity index (χ4v) is 3.65. The molecule has 2 aliphatic rings. The van der Waals surface area contributed by atoms with Gasteiger partial charge in [0.05, 0.1) is 11.6 Å². The van der Waals surface area contributed by atoms with Gasteiger partial charge in [-0.3, -0.25) is 0 Å². The smallest absolute Gasteiger partial charge is 0.141 e. The van der Waals surface area contributed by atoms with E-state index in [2.05, 4.69) is 13.0 Å². The number of hydrogen-bond acceptors (Lipinski definition) is 2. The van der Waals surface area contributed by atoms with Crippen LogP contribution in [0.5, 0.6) is 5.75 Å². The van der Waals surface area contributed by atoms with Crippen LogP contribution in [-0.4, -0.2) is 13.2 Å². The Kier molecular flexibility index (Phi) is 3.96. The maximum absolute atomic E-state index is 6.46. The summed E-state index contributed by atoms with van der Waals surface area (Å²) in [5, 5.41) is 0.749. The third-order valence-corrected chi connectivity index (χ3v) is 5.43. The van der Waals surface area contributed by atoms with Gasteiger partial charge in [-0.05, 0) is 50.2 Å². The number of aryl methyl sites for hydroxylation is 1. The summed E-state index contributed by atoms with van der Waals surface area (Å²) in [4.78, 5) is 0. The zero-order valence-corrected chi connectivity index (χ0v) is 13.0. The average molecular weight is 294 g/mol. The molecule has 1 aromatic carbocycles. The molecule has 0 unspecified atom stereocenters. The van der Waals surface area contributed by atoms with Crippen molar-refractivity contribution >= 4 is 11.6 Å². The first-order valence-corrected chi connectivity index (χ1v) is 8.16. The third-order valence-electron chi connectivity index (χ3n) is 5.15. The van der Waals surface area contributed by atoms with Crippen LogP contribution >= 0.6 is 11.6 Å². The van der Waals surface area contributed by atoms with Gasteiger partial charge in [0.1, 0.15) is 5.75 Å². The summed E-state index contributed by atoms with van der Waals surface area (Å²) in [6, 6.07) is 4.23. The van der Waals surface area contributed by atoms with E-state index in [1.54, 1.807) is 0 Å². The predicted molar refractivity (Wildman–Crippen MR) is 83.6 cm³/mol. The lowest BCUT2D eigenvalue weighted by molar-refractivity contribution is 0.171. The number of nitrogens with two attached hydrogens (primary N) is 1. The molecule has 0 radical (unpaired) electrons. The Bertz CT molecular complexity index is 486. The van der Waals surface area contributed by atoms with Crippen molar-refractivity contribution in [1.29, 1.82) is 0 Å². The van der Waals surface area contributed by atoms with Crippen LogP contribution in [0.3, 0.4) is 0 Å². The molecule has 2 aliphatic carbocycles. The molecule has 0 atom stereocenters. The summed E-state index contributed by atoms with van der Waals surface area (Å²) in [7, 11) is 0. The van der Waals surface area contributed by atoms with Crippen molar-refractivity contribution in [3.8, 4) is 5.75 Å². The van der Waals surface area contributed by atoms with Crippen molar-refractivity contribution in [2.24, 2.45) is 11.7 Å².